The zero-order valence-electron chi connectivity index (χ0n) is 20.3. The second kappa shape index (κ2) is 8.14. The Morgan fingerprint density at radius 2 is 2.20 bits per heavy atom. The maximum absolute atomic E-state index is 16.2. The van der Waals surface area contributed by atoms with E-state index in [0.29, 0.717) is 37.3 Å². The van der Waals surface area contributed by atoms with Crippen LogP contribution in [0.1, 0.15) is 26.3 Å². The largest absolute Gasteiger partial charge is 0.447 e. The average molecular weight is 488 g/mol. The van der Waals surface area contributed by atoms with Crippen LogP contribution < -0.4 is 15.1 Å². The number of cyclic esters (lactones) is 1. The van der Waals surface area contributed by atoms with Crippen molar-refractivity contribution in [3.8, 4) is 0 Å². The molecule has 2 aromatic rings. The SMILES string of the molecule is CO[C@@H](C)[C@H]1COC(=O)N1c1noc2c(F)c3c(cc12)CC1(C=NCNC1)[C@H]1[C@H](C)O[C@H](C)CN31. The van der Waals surface area contributed by atoms with Crippen molar-refractivity contribution in [3.63, 3.8) is 0 Å². The van der Waals surface area contributed by atoms with Gasteiger partial charge in [0.05, 0.1) is 42.1 Å². The first-order chi connectivity index (χ1) is 16.8. The van der Waals surface area contributed by atoms with Gasteiger partial charge in [0.25, 0.3) is 0 Å². The second-order valence-electron chi connectivity index (χ2n) is 10.1. The van der Waals surface area contributed by atoms with Gasteiger partial charge in [-0.2, -0.15) is 0 Å². The Kier molecular flexibility index (Phi) is 5.28. The van der Waals surface area contributed by atoms with Crippen molar-refractivity contribution in [1.29, 1.82) is 0 Å². The van der Waals surface area contributed by atoms with E-state index in [1.54, 1.807) is 7.11 Å². The molecule has 4 aliphatic heterocycles. The standard InChI is InChI=1S/C24H30FN5O5/c1-12-7-29-19-15(6-24(9-26-11-27-10-24)21(29)14(3)34-12)5-16-20(18(19)25)35-28-22(16)30-17(13(2)32-4)8-33-23(30)31/h5,9,12-14,17,21,27H,6-8,10-11H2,1-4H3/t12-,13+,14+,17-,21-,24?/m1/s1. The zero-order valence-corrected chi connectivity index (χ0v) is 20.3. The third kappa shape index (κ3) is 3.28. The van der Waals surface area contributed by atoms with Crippen LogP contribution in [0.5, 0.6) is 0 Å². The molecule has 188 valence electrons. The molecule has 5 heterocycles. The molecular weight excluding hydrogens is 457 g/mol. The number of benzene rings is 1. The van der Waals surface area contributed by atoms with Crippen molar-refractivity contribution >= 4 is 34.8 Å². The minimum Gasteiger partial charge on any atom is -0.447 e. The molecule has 0 radical (unpaired) electrons. The van der Waals surface area contributed by atoms with Gasteiger partial charge in [-0.05, 0) is 38.8 Å². The van der Waals surface area contributed by atoms with Crippen LogP contribution in [-0.2, 0) is 20.6 Å². The number of aromatic nitrogens is 1. The van der Waals surface area contributed by atoms with Crippen molar-refractivity contribution in [2.75, 3.05) is 43.3 Å². The van der Waals surface area contributed by atoms with Gasteiger partial charge < -0.3 is 23.6 Å². The van der Waals surface area contributed by atoms with Crippen molar-refractivity contribution in [2.45, 2.75) is 57.6 Å². The summed E-state index contributed by atoms with van der Waals surface area (Å²) in [6, 6.07) is 1.43. The van der Waals surface area contributed by atoms with Crippen molar-refractivity contribution in [2.24, 2.45) is 10.4 Å². The minimum atomic E-state index is -0.553. The number of morpholine rings is 1. The molecule has 1 amide bonds. The molecule has 1 aromatic carbocycles. The summed E-state index contributed by atoms with van der Waals surface area (Å²) in [5.41, 5.74) is 1.01. The molecule has 1 unspecified atom stereocenters. The van der Waals surface area contributed by atoms with Crippen LogP contribution in [0.4, 0.5) is 20.7 Å². The number of halogens is 1. The molecule has 1 N–H and O–H groups in total. The summed E-state index contributed by atoms with van der Waals surface area (Å²) >= 11 is 0. The highest BCUT2D eigenvalue weighted by molar-refractivity contribution is 6.01. The van der Waals surface area contributed by atoms with E-state index in [-0.39, 0.29) is 47.8 Å². The van der Waals surface area contributed by atoms with E-state index in [2.05, 4.69) is 20.4 Å². The first-order valence-electron chi connectivity index (χ1n) is 12.1. The van der Waals surface area contributed by atoms with Crippen molar-refractivity contribution in [1.82, 2.24) is 10.5 Å². The number of hydrogen-bond acceptors (Lipinski definition) is 9. The van der Waals surface area contributed by atoms with Crippen LogP contribution in [0.15, 0.2) is 15.6 Å². The molecule has 1 aromatic heterocycles. The summed E-state index contributed by atoms with van der Waals surface area (Å²) in [5, 5.41) is 7.97. The second-order valence-corrected chi connectivity index (χ2v) is 10.1. The van der Waals surface area contributed by atoms with Gasteiger partial charge in [-0.15, -0.1) is 0 Å². The molecule has 0 bridgehead atoms. The maximum atomic E-state index is 16.2. The Morgan fingerprint density at radius 1 is 1.37 bits per heavy atom. The third-order valence-electron chi connectivity index (χ3n) is 7.87. The fourth-order valence-corrected chi connectivity index (χ4v) is 6.38. The van der Waals surface area contributed by atoms with Crippen molar-refractivity contribution < 1.29 is 27.9 Å². The third-order valence-corrected chi connectivity index (χ3v) is 7.87. The number of anilines is 2. The average Bonchev–Trinajstić information content (AvgIpc) is 3.41. The van der Waals surface area contributed by atoms with Gasteiger partial charge in [0.1, 0.15) is 12.6 Å². The molecule has 6 atom stereocenters. The predicted molar refractivity (Wildman–Crippen MR) is 127 cm³/mol. The molecule has 0 saturated carbocycles. The number of amides is 1. The Bertz CT molecular complexity index is 1200. The number of nitrogens with one attached hydrogen (secondary N) is 1. The van der Waals surface area contributed by atoms with Gasteiger partial charge in [0.2, 0.25) is 5.58 Å². The summed E-state index contributed by atoms with van der Waals surface area (Å²) in [5.74, 6) is -0.226. The Balaban J connectivity index is 1.52. The van der Waals surface area contributed by atoms with Crippen LogP contribution in [-0.4, -0.2) is 81.3 Å². The van der Waals surface area contributed by atoms with E-state index < -0.39 is 18.0 Å². The predicted octanol–water partition coefficient (Wildman–Crippen LogP) is 2.48. The fraction of sp³-hybridized carbons (Fsp3) is 0.625. The minimum absolute atomic E-state index is 0.0270. The molecule has 2 saturated heterocycles. The Morgan fingerprint density at radius 3 is 2.94 bits per heavy atom. The Hall–Kier alpha value is -2.76. The molecule has 2 fully saturated rings. The lowest BCUT2D eigenvalue weighted by molar-refractivity contribution is -0.0522. The van der Waals surface area contributed by atoms with E-state index in [1.165, 1.54) is 4.90 Å². The lowest BCUT2D eigenvalue weighted by Crippen LogP contribution is -2.67. The zero-order chi connectivity index (χ0) is 24.5. The molecule has 11 heteroatoms. The Labute approximate surface area is 202 Å². The van der Waals surface area contributed by atoms with Gasteiger partial charge in [-0.1, -0.05) is 5.16 Å². The van der Waals surface area contributed by atoms with E-state index in [4.69, 9.17) is 18.7 Å². The maximum Gasteiger partial charge on any atom is 0.416 e. The summed E-state index contributed by atoms with van der Waals surface area (Å²) in [6.07, 6.45) is 1.55. The van der Waals surface area contributed by atoms with Gasteiger partial charge >= 0.3 is 6.09 Å². The normalized spacial score (nSPS) is 33.2. The smallest absolute Gasteiger partial charge is 0.416 e. The number of hydrogen-bond donors (Lipinski definition) is 1. The molecule has 4 aliphatic rings. The topological polar surface area (TPSA) is 102 Å². The van der Waals surface area contributed by atoms with E-state index >= 15 is 4.39 Å². The van der Waals surface area contributed by atoms with Crippen LogP contribution >= 0.6 is 0 Å². The summed E-state index contributed by atoms with van der Waals surface area (Å²) < 4.78 is 38.7. The number of ether oxygens (including phenoxy) is 3. The number of fused-ring (bicyclic) bond motifs is 5. The molecule has 35 heavy (non-hydrogen) atoms. The summed E-state index contributed by atoms with van der Waals surface area (Å²) in [7, 11) is 1.57. The number of nitrogens with zero attached hydrogens (tertiary/aromatic N) is 4. The molecular formula is C24H30FN5O5. The quantitative estimate of drug-likeness (QED) is 0.705. The number of methoxy groups -OCH3 is 1. The first-order valence-corrected chi connectivity index (χ1v) is 12.1. The van der Waals surface area contributed by atoms with E-state index in [1.807, 2.05) is 33.1 Å². The number of carbonyl (C=O) groups is 1. The molecule has 10 nitrogen and oxygen atoms in total. The first kappa shape index (κ1) is 22.7. The summed E-state index contributed by atoms with van der Waals surface area (Å²) in [4.78, 5) is 20.7. The molecule has 1 spiro atoms. The van der Waals surface area contributed by atoms with Crippen LogP contribution in [0.3, 0.4) is 0 Å². The number of rotatable bonds is 3. The lowest BCUT2D eigenvalue weighted by atomic mass is 9.68. The van der Waals surface area contributed by atoms with E-state index in [0.717, 1.165) is 5.56 Å². The summed E-state index contributed by atoms with van der Waals surface area (Å²) in [6.45, 7) is 7.87. The molecule has 6 rings (SSSR count). The monoisotopic (exact) mass is 487 g/mol. The van der Waals surface area contributed by atoms with Crippen LogP contribution in [0.25, 0.3) is 11.0 Å². The molecule has 0 aliphatic carbocycles. The van der Waals surface area contributed by atoms with Gasteiger partial charge in [0.15, 0.2) is 11.6 Å². The van der Waals surface area contributed by atoms with Crippen LogP contribution in [0, 0.1) is 11.2 Å². The van der Waals surface area contributed by atoms with Crippen LogP contribution in [0.2, 0.25) is 0 Å². The van der Waals surface area contributed by atoms with Gasteiger partial charge in [0, 0.05) is 31.8 Å². The highest BCUT2D eigenvalue weighted by Crippen LogP contribution is 2.48. The van der Waals surface area contributed by atoms with E-state index in [9.17, 15) is 4.79 Å². The lowest BCUT2D eigenvalue weighted by Gasteiger charge is -2.56. The van der Waals surface area contributed by atoms with Gasteiger partial charge in [-0.25, -0.2) is 14.1 Å². The van der Waals surface area contributed by atoms with Gasteiger partial charge in [-0.3, -0.25) is 10.3 Å². The number of aliphatic imine (C=N–C) groups is 1. The highest BCUT2D eigenvalue weighted by Gasteiger charge is 2.53. The number of carbonyl (C=O) groups excluding carboxylic acids is 1. The fourth-order valence-electron chi connectivity index (χ4n) is 6.38. The van der Waals surface area contributed by atoms with Crippen molar-refractivity contribution in [3.05, 3.63) is 17.4 Å². The highest BCUT2D eigenvalue weighted by atomic mass is 19.1.